The largest absolute Gasteiger partial charge is 0.464 e. The second kappa shape index (κ2) is 15.6. The average molecular weight is 682 g/mol. The molecule has 0 saturated carbocycles. The number of allylic oxidation sites excluding steroid dienone is 1. The third-order valence-corrected chi connectivity index (χ3v) is 10.4. The number of benzene rings is 1. The summed E-state index contributed by atoms with van der Waals surface area (Å²) in [6.07, 6.45) is 3.71. The molecule has 264 valence electrons. The Kier molecular flexibility index (Phi) is 12.5. The van der Waals surface area contributed by atoms with Crippen molar-refractivity contribution in [1.29, 1.82) is 0 Å². The number of carbonyl (C=O) groups excluding carboxylic acids is 4. The first-order valence-corrected chi connectivity index (χ1v) is 20.4. The minimum atomic E-state index is -1.49. The first-order valence-electron chi connectivity index (χ1n) is 16.7. The van der Waals surface area contributed by atoms with Crippen LogP contribution in [-0.4, -0.2) is 79.4 Å². The summed E-state index contributed by atoms with van der Waals surface area (Å²) in [5.74, 6) is -1.60. The van der Waals surface area contributed by atoms with Crippen molar-refractivity contribution in [2.24, 2.45) is 17.9 Å². The molecule has 1 aliphatic heterocycles. The van der Waals surface area contributed by atoms with Crippen LogP contribution in [0.5, 0.6) is 0 Å². The van der Waals surface area contributed by atoms with Crippen LogP contribution in [0.15, 0.2) is 43.5 Å². The quantitative estimate of drug-likeness (QED) is 0.0992. The number of nitrogens with zero attached hydrogens (tertiary/aromatic N) is 2. The van der Waals surface area contributed by atoms with Gasteiger partial charge in [0.05, 0.1) is 19.8 Å². The molecule has 0 aliphatic carbocycles. The van der Waals surface area contributed by atoms with Crippen LogP contribution in [0.2, 0.25) is 25.7 Å². The lowest BCUT2D eigenvalue weighted by Gasteiger charge is -2.35. The minimum absolute atomic E-state index is 0.0297. The Bertz CT molecular complexity index is 1520. The van der Waals surface area contributed by atoms with E-state index in [9.17, 15) is 19.2 Å². The fourth-order valence-electron chi connectivity index (χ4n) is 5.67. The van der Waals surface area contributed by atoms with E-state index in [0.29, 0.717) is 5.69 Å². The fraction of sp³-hybridized carbons (Fsp3) is 0.568. The highest BCUT2D eigenvalue weighted by Gasteiger charge is 2.47. The highest BCUT2D eigenvalue weighted by molar-refractivity contribution is 6.76. The van der Waals surface area contributed by atoms with Crippen molar-refractivity contribution in [3.05, 3.63) is 54.8 Å². The first-order chi connectivity index (χ1) is 22.3. The van der Waals surface area contributed by atoms with Crippen molar-refractivity contribution in [3.63, 3.8) is 0 Å². The van der Waals surface area contributed by atoms with Gasteiger partial charge in [-0.1, -0.05) is 85.1 Å². The smallest absolute Gasteiger partial charge is 0.407 e. The van der Waals surface area contributed by atoms with Crippen LogP contribution < -0.4 is 5.32 Å². The molecule has 0 unspecified atom stereocenters. The second-order valence-electron chi connectivity index (χ2n) is 15.8. The van der Waals surface area contributed by atoms with Gasteiger partial charge in [0.1, 0.15) is 23.9 Å². The number of amides is 2. The van der Waals surface area contributed by atoms with E-state index in [1.807, 2.05) is 58.9 Å². The molecule has 1 fully saturated rings. The number of ether oxygens (including phenoxy) is 3. The summed E-state index contributed by atoms with van der Waals surface area (Å²) in [6, 6.07) is 6.25. The topological polar surface area (TPSA) is 116 Å². The normalized spacial score (nSPS) is 17.5. The van der Waals surface area contributed by atoms with E-state index in [4.69, 9.17) is 14.2 Å². The van der Waals surface area contributed by atoms with Gasteiger partial charge >= 0.3 is 18.0 Å². The van der Waals surface area contributed by atoms with E-state index in [-0.39, 0.29) is 31.6 Å². The first kappa shape index (κ1) is 38.6. The number of nitrogens with one attached hydrogen (secondary N) is 1. The summed E-state index contributed by atoms with van der Waals surface area (Å²) in [6.45, 7) is 24.0. The number of alkyl carbamates (subject to hydrolysis) is 1. The maximum atomic E-state index is 14.3. The lowest BCUT2D eigenvalue weighted by atomic mass is 9.85. The summed E-state index contributed by atoms with van der Waals surface area (Å²) in [5.41, 5.74) is 1.07. The molecule has 1 aliphatic rings. The minimum Gasteiger partial charge on any atom is -0.464 e. The Morgan fingerprint density at radius 3 is 2.38 bits per heavy atom. The number of aryl methyl sites for hydroxylation is 1. The molecule has 3 atom stereocenters. The molecular weight excluding hydrogens is 627 g/mol. The SMILES string of the molecule is C=CCCC(C)(C)COC(=O)N[C@H](C(=O)N1C[C@H](OC(=O)c2cc3c(C=C)cccc3n2C)C[C@H]1C(=O)OCC[Si](C)(C)C)C(C)(C)C. The van der Waals surface area contributed by atoms with Gasteiger partial charge in [-0.05, 0) is 47.4 Å². The molecule has 1 aromatic heterocycles. The van der Waals surface area contributed by atoms with Crippen LogP contribution in [-0.2, 0) is 30.8 Å². The van der Waals surface area contributed by atoms with Gasteiger partial charge in [0.15, 0.2) is 0 Å². The van der Waals surface area contributed by atoms with Crippen LogP contribution in [0.25, 0.3) is 17.0 Å². The van der Waals surface area contributed by atoms with Gasteiger partial charge in [0.25, 0.3) is 0 Å². The highest BCUT2D eigenvalue weighted by Crippen LogP contribution is 2.30. The van der Waals surface area contributed by atoms with E-state index in [2.05, 4.69) is 38.1 Å². The number of rotatable bonds is 14. The van der Waals surface area contributed by atoms with Crippen molar-refractivity contribution in [3.8, 4) is 0 Å². The van der Waals surface area contributed by atoms with Gasteiger partial charge in [0.2, 0.25) is 5.91 Å². The zero-order chi connectivity index (χ0) is 36.0. The zero-order valence-corrected chi connectivity index (χ0v) is 31.3. The van der Waals surface area contributed by atoms with Crippen LogP contribution in [0, 0.1) is 10.8 Å². The maximum Gasteiger partial charge on any atom is 0.407 e. The molecule has 0 radical (unpaired) electrons. The Hall–Kier alpha value is -3.86. The summed E-state index contributed by atoms with van der Waals surface area (Å²) >= 11 is 0. The van der Waals surface area contributed by atoms with Gasteiger partial charge in [-0.2, -0.15) is 0 Å². The molecule has 1 aromatic carbocycles. The molecule has 1 N–H and O–H groups in total. The number of fused-ring (bicyclic) bond motifs is 1. The Labute approximate surface area is 286 Å². The number of aromatic nitrogens is 1. The van der Waals surface area contributed by atoms with E-state index in [0.717, 1.165) is 35.4 Å². The van der Waals surface area contributed by atoms with Crippen molar-refractivity contribution >= 4 is 49.0 Å². The molecule has 0 bridgehead atoms. The molecule has 3 rings (SSSR count). The van der Waals surface area contributed by atoms with Crippen LogP contribution in [0.1, 0.15) is 69.9 Å². The van der Waals surface area contributed by atoms with Gasteiger partial charge in [-0.3, -0.25) is 4.79 Å². The maximum absolute atomic E-state index is 14.3. The third kappa shape index (κ3) is 10.1. The van der Waals surface area contributed by atoms with Crippen molar-refractivity contribution in [2.45, 2.75) is 97.8 Å². The summed E-state index contributed by atoms with van der Waals surface area (Å²) < 4.78 is 19.0. The van der Waals surface area contributed by atoms with Gasteiger partial charge in [0, 0.05) is 32.4 Å². The predicted molar refractivity (Wildman–Crippen MR) is 192 cm³/mol. The van der Waals surface area contributed by atoms with Gasteiger partial charge in [-0.25, -0.2) is 14.4 Å². The zero-order valence-electron chi connectivity index (χ0n) is 30.3. The van der Waals surface area contributed by atoms with Crippen molar-refractivity contribution in [2.75, 3.05) is 19.8 Å². The summed E-state index contributed by atoms with van der Waals surface area (Å²) in [5, 5.41) is 3.63. The van der Waals surface area contributed by atoms with E-state index < -0.39 is 55.6 Å². The number of carbonyl (C=O) groups is 4. The Balaban J connectivity index is 1.84. The van der Waals surface area contributed by atoms with Crippen LogP contribution >= 0.6 is 0 Å². The lowest BCUT2D eigenvalue weighted by Crippen LogP contribution is -2.57. The molecule has 10 nitrogen and oxygen atoms in total. The van der Waals surface area contributed by atoms with Crippen molar-refractivity contribution < 1.29 is 33.4 Å². The average Bonchev–Trinajstić information content (AvgIpc) is 3.57. The standard InChI is InChI=1S/C37H55N3O7Si/c1-12-14-18-37(6,7)24-46-35(44)38-31(36(3,4)5)32(41)40-23-26(21-30(40)33(42)45-19-20-48(9,10)11)47-34(43)29-22-27-25(13-2)16-15-17-28(27)39(29)8/h12-13,15-17,22,26,30-31H,1-2,14,18-21,23-24H2,3-11H3,(H,38,44)/t26-,30+,31-/m1/s1. The molecular formula is C37H55N3O7Si. The monoisotopic (exact) mass is 681 g/mol. The van der Waals surface area contributed by atoms with E-state index in [1.54, 1.807) is 23.8 Å². The van der Waals surface area contributed by atoms with E-state index >= 15 is 0 Å². The van der Waals surface area contributed by atoms with Crippen molar-refractivity contribution in [1.82, 2.24) is 14.8 Å². The van der Waals surface area contributed by atoms with E-state index in [1.165, 1.54) is 4.90 Å². The molecule has 48 heavy (non-hydrogen) atoms. The summed E-state index contributed by atoms with van der Waals surface area (Å²) in [4.78, 5) is 55.7. The molecule has 1 saturated heterocycles. The number of hydrogen-bond donors (Lipinski definition) is 1. The molecule has 0 spiro atoms. The number of esters is 2. The molecule has 2 aromatic rings. The number of hydrogen-bond acceptors (Lipinski definition) is 7. The molecule has 2 heterocycles. The Morgan fingerprint density at radius 1 is 1.08 bits per heavy atom. The fourth-order valence-corrected chi connectivity index (χ4v) is 6.39. The van der Waals surface area contributed by atoms with Gasteiger partial charge < -0.3 is 29.0 Å². The lowest BCUT2D eigenvalue weighted by molar-refractivity contribution is -0.154. The number of likely N-dealkylation sites (tertiary alicyclic amines) is 1. The summed E-state index contributed by atoms with van der Waals surface area (Å²) in [7, 11) is 0.292. The Morgan fingerprint density at radius 2 is 1.77 bits per heavy atom. The molecule has 11 heteroatoms. The second-order valence-corrected chi connectivity index (χ2v) is 21.5. The predicted octanol–water partition coefficient (Wildman–Crippen LogP) is 6.96. The highest BCUT2D eigenvalue weighted by atomic mass is 28.3. The van der Waals surface area contributed by atoms with Crippen LogP contribution in [0.4, 0.5) is 4.79 Å². The molecule has 2 amide bonds. The van der Waals surface area contributed by atoms with Crippen LogP contribution in [0.3, 0.4) is 0 Å². The third-order valence-electron chi connectivity index (χ3n) is 8.73. The van der Waals surface area contributed by atoms with Gasteiger partial charge in [-0.15, -0.1) is 6.58 Å².